The van der Waals surface area contributed by atoms with Crippen LogP contribution in [-0.4, -0.2) is 29.1 Å². The average Bonchev–Trinajstić information content (AvgIpc) is 2.95. The van der Waals surface area contributed by atoms with Crippen molar-refractivity contribution in [2.45, 2.75) is 38.6 Å². The molecule has 19 heavy (non-hydrogen) atoms. The molecule has 0 amide bonds. The van der Waals surface area contributed by atoms with Crippen LogP contribution in [0, 0.1) is 0 Å². The highest BCUT2D eigenvalue weighted by Crippen LogP contribution is 2.24. The number of H-pyrrole nitrogens is 1. The maximum absolute atomic E-state index is 4.66. The Labute approximate surface area is 114 Å². The minimum atomic E-state index is 0.0575. The van der Waals surface area contributed by atoms with Crippen LogP contribution in [0.4, 0.5) is 5.69 Å². The van der Waals surface area contributed by atoms with Crippen LogP contribution in [-0.2, 0) is 5.41 Å². The monoisotopic (exact) mass is 258 g/mol. The summed E-state index contributed by atoms with van der Waals surface area (Å²) in [6.45, 7) is 8.68. The Morgan fingerprint density at radius 1 is 1.32 bits per heavy atom. The molecule has 0 aliphatic carbocycles. The standard InChI is InChI=1S/C15H22N4/c1-15(2,3)14-18-12-5-4-10(8-13(12)19-14)17-11-6-7-16-9-11/h4-5,8,11,16-17H,6-7,9H2,1-3H3,(H,18,19). The van der Waals surface area contributed by atoms with Crippen molar-refractivity contribution in [1.82, 2.24) is 15.3 Å². The smallest absolute Gasteiger partial charge is 0.112 e. The Balaban J connectivity index is 1.87. The first-order chi connectivity index (χ1) is 9.02. The SMILES string of the molecule is CC(C)(C)c1nc2ccc(NC3CCNC3)cc2[nH]1. The molecule has 0 spiro atoms. The van der Waals surface area contributed by atoms with E-state index in [1.54, 1.807) is 0 Å². The zero-order valence-corrected chi connectivity index (χ0v) is 11.9. The number of nitrogens with zero attached hydrogens (tertiary/aromatic N) is 1. The zero-order chi connectivity index (χ0) is 13.5. The van der Waals surface area contributed by atoms with Gasteiger partial charge in [0.2, 0.25) is 0 Å². The lowest BCUT2D eigenvalue weighted by Gasteiger charge is -2.13. The summed E-state index contributed by atoms with van der Waals surface area (Å²) in [4.78, 5) is 8.10. The van der Waals surface area contributed by atoms with E-state index in [0.29, 0.717) is 6.04 Å². The third-order valence-corrected chi connectivity index (χ3v) is 3.62. The highest BCUT2D eigenvalue weighted by molar-refractivity contribution is 5.79. The van der Waals surface area contributed by atoms with Crippen molar-refractivity contribution >= 4 is 16.7 Å². The fourth-order valence-electron chi connectivity index (χ4n) is 2.47. The maximum atomic E-state index is 4.66. The first-order valence-electron chi connectivity index (χ1n) is 7.00. The van der Waals surface area contributed by atoms with Crippen LogP contribution < -0.4 is 10.6 Å². The van der Waals surface area contributed by atoms with Gasteiger partial charge >= 0.3 is 0 Å². The van der Waals surface area contributed by atoms with E-state index in [4.69, 9.17) is 0 Å². The van der Waals surface area contributed by atoms with Crippen LogP contribution >= 0.6 is 0 Å². The van der Waals surface area contributed by atoms with Gasteiger partial charge in [0.15, 0.2) is 0 Å². The second-order valence-corrected chi connectivity index (χ2v) is 6.40. The summed E-state index contributed by atoms with van der Waals surface area (Å²) in [5, 5.41) is 6.94. The van der Waals surface area contributed by atoms with Gasteiger partial charge in [-0.15, -0.1) is 0 Å². The molecule has 4 nitrogen and oxygen atoms in total. The number of rotatable bonds is 2. The van der Waals surface area contributed by atoms with Crippen LogP contribution in [0.15, 0.2) is 18.2 Å². The van der Waals surface area contributed by atoms with Gasteiger partial charge in [-0.3, -0.25) is 0 Å². The molecule has 1 aliphatic heterocycles. The minimum Gasteiger partial charge on any atom is -0.381 e. The number of hydrogen-bond donors (Lipinski definition) is 3. The summed E-state index contributed by atoms with van der Waals surface area (Å²) in [6, 6.07) is 6.91. The molecule has 3 rings (SSSR count). The first-order valence-corrected chi connectivity index (χ1v) is 7.00. The number of imidazole rings is 1. The number of aromatic nitrogens is 2. The Hall–Kier alpha value is -1.55. The Morgan fingerprint density at radius 3 is 2.84 bits per heavy atom. The van der Waals surface area contributed by atoms with Crippen molar-refractivity contribution < 1.29 is 0 Å². The Morgan fingerprint density at radius 2 is 2.16 bits per heavy atom. The van der Waals surface area contributed by atoms with Gasteiger partial charge in [0.25, 0.3) is 0 Å². The van der Waals surface area contributed by atoms with Crippen LogP contribution in [0.5, 0.6) is 0 Å². The summed E-state index contributed by atoms with van der Waals surface area (Å²) in [6.07, 6.45) is 1.19. The average molecular weight is 258 g/mol. The van der Waals surface area contributed by atoms with Crippen LogP contribution in [0.2, 0.25) is 0 Å². The van der Waals surface area contributed by atoms with Gasteiger partial charge in [0.1, 0.15) is 5.82 Å². The summed E-state index contributed by atoms with van der Waals surface area (Å²) in [5.41, 5.74) is 3.38. The van der Waals surface area contributed by atoms with E-state index in [9.17, 15) is 0 Å². The van der Waals surface area contributed by atoms with E-state index in [1.165, 1.54) is 12.1 Å². The van der Waals surface area contributed by atoms with Gasteiger partial charge in [-0.1, -0.05) is 20.8 Å². The summed E-state index contributed by atoms with van der Waals surface area (Å²) >= 11 is 0. The Bertz CT molecular complexity index is 573. The molecule has 1 aliphatic rings. The van der Waals surface area contributed by atoms with Crippen molar-refractivity contribution in [1.29, 1.82) is 0 Å². The maximum Gasteiger partial charge on any atom is 0.112 e. The highest BCUT2D eigenvalue weighted by atomic mass is 15.0. The molecule has 4 heteroatoms. The van der Waals surface area contributed by atoms with E-state index >= 15 is 0 Å². The molecule has 102 valence electrons. The molecular weight excluding hydrogens is 236 g/mol. The number of anilines is 1. The molecular formula is C15H22N4. The molecule has 1 atom stereocenters. The third-order valence-electron chi connectivity index (χ3n) is 3.62. The molecule has 2 heterocycles. The van der Waals surface area contributed by atoms with Crippen molar-refractivity contribution in [3.05, 3.63) is 24.0 Å². The van der Waals surface area contributed by atoms with Gasteiger partial charge in [-0.2, -0.15) is 0 Å². The second-order valence-electron chi connectivity index (χ2n) is 6.40. The molecule has 3 N–H and O–H groups in total. The molecule has 1 saturated heterocycles. The second kappa shape index (κ2) is 4.53. The van der Waals surface area contributed by atoms with E-state index in [0.717, 1.165) is 29.9 Å². The van der Waals surface area contributed by atoms with E-state index < -0.39 is 0 Å². The van der Waals surface area contributed by atoms with Crippen LogP contribution in [0.1, 0.15) is 33.0 Å². The van der Waals surface area contributed by atoms with Gasteiger partial charge in [-0.05, 0) is 31.2 Å². The number of aromatic amines is 1. The van der Waals surface area contributed by atoms with Gasteiger partial charge in [0, 0.05) is 23.7 Å². The highest BCUT2D eigenvalue weighted by Gasteiger charge is 2.18. The topological polar surface area (TPSA) is 52.7 Å². The van der Waals surface area contributed by atoms with Crippen molar-refractivity contribution in [3.8, 4) is 0 Å². The molecule has 1 aromatic carbocycles. The van der Waals surface area contributed by atoms with Crippen molar-refractivity contribution in [2.24, 2.45) is 0 Å². The number of fused-ring (bicyclic) bond motifs is 1. The van der Waals surface area contributed by atoms with Gasteiger partial charge < -0.3 is 15.6 Å². The van der Waals surface area contributed by atoms with Gasteiger partial charge in [-0.25, -0.2) is 4.98 Å². The zero-order valence-electron chi connectivity index (χ0n) is 11.9. The van der Waals surface area contributed by atoms with E-state index in [-0.39, 0.29) is 5.41 Å². The molecule has 1 aromatic heterocycles. The van der Waals surface area contributed by atoms with Crippen LogP contribution in [0.3, 0.4) is 0 Å². The first kappa shape index (κ1) is 12.5. The number of hydrogen-bond acceptors (Lipinski definition) is 3. The summed E-state index contributed by atoms with van der Waals surface area (Å²) < 4.78 is 0. The van der Waals surface area contributed by atoms with Gasteiger partial charge in [0.05, 0.1) is 11.0 Å². The fraction of sp³-hybridized carbons (Fsp3) is 0.533. The lowest BCUT2D eigenvalue weighted by Crippen LogP contribution is -2.21. The third kappa shape index (κ3) is 2.59. The predicted molar refractivity (Wildman–Crippen MR) is 79.7 cm³/mol. The minimum absolute atomic E-state index is 0.0575. The van der Waals surface area contributed by atoms with Crippen molar-refractivity contribution in [2.75, 3.05) is 18.4 Å². The normalized spacial score (nSPS) is 20.1. The quantitative estimate of drug-likeness (QED) is 0.776. The summed E-state index contributed by atoms with van der Waals surface area (Å²) in [5.74, 6) is 1.04. The lowest BCUT2D eigenvalue weighted by atomic mass is 9.96. The summed E-state index contributed by atoms with van der Waals surface area (Å²) in [7, 11) is 0. The molecule has 0 saturated carbocycles. The fourth-order valence-corrected chi connectivity index (χ4v) is 2.47. The molecule has 0 bridgehead atoms. The molecule has 1 fully saturated rings. The number of nitrogens with one attached hydrogen (secondary N) is 3. The number of benzene rings is 1. The molecule has 0 radical (unpaired) electrons. The van der Waals surface area contributed by atoms with E-state index in [2.05, 4.69) is 59.6 Å². The molecule has 2 aromatic rings. The lowest BCUT2D eigenvalue weighted by molar-refractivity contribution is 0.554. The largest absolute Gasteiger partial charge is 0.381 e. The van der Waals surface area contributed by atoms with Crippen molar-refractivity contribution in [3.63, 3.8) is 0 Å². The molecule has 1 unspecified atom stereocenters. The Kier molecular flexibility index (Phi) is 2.97. The van der Waals surface area contributed by atoms with Crippen LogP contribution in [0.25, 0.3) is 11.0 Å². The van der Waals surface area contributed by atoms with E-state index in [1.807, 2.05) is 0 Å². The predicted octanol–water partition coefficient (Wildman–Crippen LogP) is 2.63.